The topological polar surface area (TPSA) is 87.7 Å². The van der Waals surface area contributed by atoms with Crippen LogP contribution in [0.3, 0.4) is 0 Å². The number of rotatable bonds is 6. The van der Waals surface area contributed by atoms with Gasteiger partial charge in [-0.15, -0.1) is 0 Å². The Kier molecular flexibility index (Phi) is 6.41. The van der Waals surface area contributed by atoms with E-state index in [0.717, 1.165) is 11.3 Å². The van der Waals surface area contributed by atoms with E-state index >= 15 is 0 Å². The first-order chi connectivity index (χ1) is 13.6. The summed E-state index contributed by atoms with van der Waals surface area (Å²) in [6, 6.07) is 7.77. The molecule has 0 spiro atoms. The number of benzene rings is 1. The van der Waals surface area contributed by atoms with E-state index in [9.17, 15) is 9.59 Å². The van der Waals surface area contributed by atoms with Crippen LogP contribution in [0.1, 0.15) is 22.8 Å². The molecule has 1 saturated heterocycles. The number of ether oxygens (including phenoxy) is 1. The number of nitrogens with zero attached hydrogens (tertiary/aromatic N) is 4. The molecule has 28 heavy (non-hydrogen) atoms. The molecule has 1 aromatic heterocycles. The molecule has 1 N–H and O–H groups in total. The number of methoxy groups -OCH3 is 1. The zero-order valence-corrected chi connectivity index (χ0v) is 16.2. The van der Waals surface area contributed by atoms with Gasteiger partial charge in [0.25, 0.3) is 5.91 Å². The predicted octanol–water partition coefficient (Wildman–Crippen LogP) is 1.13. The normalized spacial score (nSPS) is 13.9. The molecule has 148 valence electrons. The van der Waals surface area contributed by atoms with Crippen molar-refractivity contribution in [2.75, 3.05) is 44.7 Å². The molecule has 0 saturated carbocycles. The quantitative estimate of drug-likeness (QED) is 0.805. The van der Waals surface area contributed by atoms with Crippen LogP contribution in [0, 0.1) is 0 Å². The van der Waals surface area contributed by atoms with Crippen LogP contribution in [0.2, 0.25) is 0 Å². The van der Waals surface area contributed by atoms with Gasteiger partial charge in [-0.3, -0.25) is 9.59 Å². The highest BCUT2D eigenvalue weighted by molar-refractivity contribution is 5.93. The SMILES string of the molecule is COc1cccc(CCNC(=O)c2cnc(N3CCN(C(C)=O)CC3)nc2)c1. The molecule has 8 heteroatoms. The summed E-state index contributed by atoms with van der Waals surface area (Å²) in [7, 11) is 1.63. The van der Waals surface area contributed by atoms with E-state index in [0.29, 0.717) is 50.7 Å². The van der Waals surface area contributed by atoms with Gasteiger partial charge in [0, 0.05) is 52.0 Å². The zero-order valence-electron chi connectivity index (χ0n) is 16.2. The molecular formula is C20H25N5O3. The Bertz CT molecular complexity index is 817. The highest BCUT2D eigenvalue weighted by Crippen LogP contribution is 2.13. The lowest BCUT2D eigenvalue weighted by atomic mass is 10.1. The molecule has 1 aliphatic heterocycles. The number of anilines is 1. The first-order valence-electron chi connectivity index (χ1n) is 9.30. The maximum atomic E-state index is 12.3. The van der Waals surface area contributed by atoms with Crippen LogP contribution in [0.5, 0.6) is 5.75 Å². The maximum Gasteiger partial charge on any atom is 0.254 e. The van der Waals surface area contributed by atoms with Gasteiger partial charge in [-0.2, -0.15) is 0 Å². The molecule has 0 unspecified atom stereocenters. The molecule has 0 atom stereocenters. The summed E-state index contributed by atoms with van der Waals surface area (Å²) in [6.45, 7) is 4.78. The third-order valence-electron chi connectivity index (χ3n) is 4.74. The summed E-state index contributed by atoms with van der Waals surface area (Å²) in [4.78, 5) is 36.1. The van der Waals surface area contributed by atoms with Crippen molar-refractivity contribution in [2.45, 2.75) is 13.3 Å². The van der Waals surface area contributed by atoms with E-state index in [-0.39, 0.29) is 11.8 Å². The van der Waals surface area contributed by atoms with Crippen LogP contribution in [-0.2, 0) is 11.2 Å². The maximum absolute atomic E-state index is 12.3. The fraction of sp³-hybridized carbons (Fsp3) is 0.400. The van der Waals surface area contributed by atoms with Gasteiger partial charge in [0.2, 0.25) is 11.9 Å². The Morgan fingerprint density at radius 2 is 1.86 bits per heavy atom. The van der Waals surface area contributed by atoms with Crippen LogP contribution in [0.15, 0.2) is 36.7 Å². The lowest BCUT2D eigenvalue weighted by Gasteiger charge is -2.34. The predicted molar refractivity (Wildman–Crippen MR) is 106 cm³/mol. The Balaban J connectivity index is 1.49. The lowest BCUT2D eigenvalue weighted by Crippen LogP contribution is -2.48. The van der Waals surface area contributed by atoms with Crippen LogP contribution >= 0.6 is 0 Å². The highest BCUT2D eigenvalue weighted by Gasteiger charge is 2.20. The largest absolute Gasteiger partial charge is 0.497 e. The minimum absolute atomic E-state index is 0.0848. The molecule has 0 aliphatic carbocycles. The number of carbonyl (C=O) groups excluding carboxylic acids is 2. The zero-order chi connectivity index (χ0) is 19.9. The average molecular weight is 383 g/mol. The molecular weight excluding hydrogens is 358 g/mol. The van der Waals surface area contributed by atoms with Gasteiger partial charge in [0.15, 0.2) is 0 Å². The Morgan fingerprint density at radius 3 is 2.50 bits per heavy atom. The number of hydrogen-bond donors (Lipinski definition) is 1. The number of nitrogens with one attached hydrogen (secondary N) is 1. The van der Waals surface area contributed by atoms with Crippen molar-refractivity contribution in [3.63, 3.8) is 0 Å². The van der Waals surface area contributed by atoms with Crippen LogP contribution in [0.25, 0.3) is 0 Å². The molecule has 2 heterocycles. The van der Waals surface area contributed by atoms with Gasteiger partial charge >= 0.3 is 0 Å². The molecule has 1 fully saturated rings. The minimum Gasteiger partial charge on any atom is -0.497 e. The smallest absolute Gasteiger partial charge is 0.254 e. The fourth-order valence-corrected chi connectivity index (χ4v) is 3.07. The number of aromatic nitrogens is 2. The number of piperazine rings is 1. The third kappa shape index (κ3) is 4.97. The van der Waals surface area contributed by atoms with Gasteiger partial charge in [-0.05, 0) is 24.1 Å². The molecule has 1 aliphatic rings. The fourth-order valence-electron chi connectivity index (χ4n) is 3.07. The molecule has 0 radical (unpaired) electrons. The number of carbonyl (C=O) groups is 2. The first-order valence-corrected chi connectivity index (χ1v) is 9.30. The molecule has 3 rings (SSSR count). The summed E-state index contributed by atoms with van der Waals surface area (Å²) >= 11 is 0. The van der Waals surface area contributed by atoms with E-state index < -0.39 is 0 Å². The van der Waals surface area contributed by atoms with Crippen LogP contribution < -0.4 is 15.0 Å². The monoisotopic (exact) mass is 383 g/mol. The van der Waals surface area contributed by atoms with Gasteiger partial charge < -0.3 is 19.9 Å². The van der Waals surface area contributed by atoms with Crippen molar-refractivity contribution in [1.29, 1.82) is 0 Å². The van der Waals surface area contributed by atoms with Crippen molar-refractivity contribution >= 4 is 17.8 Å². The van der Waals surface area contributed by atoms with Crippen LogP contribution in [0.4, 0.5) is 5.95 Å². The van der Waals surface area contributed by atoms with E-state index in [4.69, 9.17) is 4.74 Å². The van der Waals surface area contributed by atoms with E-state index in [1.54, 1.807) is 31.3 Å². The molecule has 1 aromatic carbocycles. The van der Waals surface area contributed by atoms with Gasteiger partial charge in [-0.25, -0.2) is 9.97 Å². The van der Waals surface area contributed by atoms with Gasteiger partial charge in [-0.1, -0.05) is 12.1 Å². The Morgan fingerprint density at radius 1 is 1.14 bits per heavy atom. The van der Waals surface area contributed by atoms with Crippen molar-refractivity contribution in [3.05, 3.63) is 47.8 Å². The minimum atomic E-state index is -0.198. The summed E-state index contributed by atoms with van der Waals surface area (Å²) in [5.74, 6) is 1.27. The number of hydrogen-bond acceptors (Lipinski definition) is 6. The third-order valence-corrected chi connectivity index (χ3v) is 4.74. The Hall–Kier alpha value is -3.16. The highest BCUT2D eigenvalue weighted by atomic mass is 16.5. The van der Waals surface area contributed by atoms with E-state index in [2.05, 4.69) is 15.3 Å². The Labute approximate surface area is 164 Å². The lowest BCUT2D eigenvalue weighted by molar-refractivity contribution is -0.129. The van der Waals surface area contributed by atoms with Gasteiger partial charge in [0.1, 0.15) is 5.75 Å². The molecule has 2 aromatic rings. The summed E-state index contributed by atoms with van der Waals surface area (Å²) < 4.78 is 5.20. The molecule has 2 amide bonds. The number of amides is 2. The van der Waals surface area contributed by atoms with E-state index in [1.807, 2.05) is 29.2 Å². The van der Waals surface area contributed by atoms with Crippen molar-refractivity contribution in [2.24, 2.45) is 0 Å². The van der Waals surface area contributed by atoms with Gasteiger partial charge in [0.05, 0.1) is 12.7 Å². The second-order valence-electron chi connectivity index (χ2n) is 6.62. The van der Waals surface area contributed by atoms with Crippen molar-refractivity contribution < 1.29 is 14.3 Å². The van der Waals surface area contributed by atoms with Crippen molar-refractivity contribution in [3.8, 4) is 5.75 Å². The second kappa shape index (κ2) is 9.16. The summed E-state index contributed by atoms with van der Waals surface area (Å²) in [6.07, 6.45) is 3.80. The molecule has 0 bridgehead atoms. The summed E-state index contributed by atoms with van der Waals surface area (Å²) in [5.41, 5.74) is 1.52. The molecule has 8 nitrogen and oxygen atoms in total. The van der Waals surface area contributed by atoms with E-state index in [1.165, 1.54) is 0 Å². The standard InChI is InChI=1S/C20H25N5O3/c1-15(26)24-8-10-25(11-9-24)20-22-13-17(14-23-20)19(27)21-7-6-16-4-3-5-18(12-16)28-2/h3-5,12-14H,6-11H2,1-2H3,(H,21,27). The summed E-state index contributed by atoms with van der Waals surface area (Å²) in [5, 5.41) is 2.88. The van der Waals surface area contributed by atoms with Crippen molar-refractivity contribution in [1.82, 2.24) is 20.2 Å². The second-order valence-corrected chi connectivity index (χ2v) is 6.62. The average Bonchev–Trinajstić information content (AvgIpc) is 2.74. The van der Waals surface area contributed by atoms with Crippen LogP contribution in [-0.4, -0.2) is 66.5 Å². The first kappa shape index (κ1) is 19.6.